The molecule has 1 atom stereocenters. The van der Waals surface area contributed by atoms with Gasteiger partial charge in [-0.2, -0.15) is 8.78 Å². The third-order valence-electron chi connectivity index (χ3n) is 8.78. The Labute approximate surface area is 299 Å². The van der Waals surface area contributed by atoms with Gasteiger partial charge in [-0.05, 0) is 73.1 Å². The molecule has 270 valence electrons. The normalized spacial score (nSPS) is 17.4. The fraction of sp³-hybridized carbons (Fsp3) is 0.471. The Balaban J connectivity index is 1.31. The van der Waals surface area contributed by atoms with Crippen molar-refractivity contribution >= 4 is 44.9 Å². The van der Waals surface area contributed by atoms with E-state index in [1.54, 1.807) is 0 Å². The number of hydrogen-bond acceptors (Lipinski definition) is 10. The van der Waals surface area contributed by atoms with E-state index in [2.05, 4.69) is 14.6 Å². The summed E-state index contributed by atoms with van der Waals surface area (Å²) in [6.45, 7) is 0.218. The molecule has 16 heteroatoms. The van der Waals surface area contributed by atoms with Crippen molar-refractivity contribution in [3.05, 3.63) is 75.5 Å². The van der Waals surface area contributed by atoms with Crippen LogP contribution in [0.5, 0.6) is 17.2 Å². The van der Waals surface area contributed by atoms with Gasteiger partial charge >= 0.3 is 12.6 Å². The molecule has 6 rings (SSSR count). The molecule has 2 saturated carbocycles. The number of hydrogen-bond donors (Lipinski definition) is 1. The van der Waals surface area contributed by atoms with Gasteiger partial charge < -0.3 is 24.1 Å². The maximum Gasteiger partial charge on any atom is 0.387 e. The number of carbonyl (C=O) groups excluding carboxylic acids is 1. The first-order chi connectivity index (χ1) is 24.0. The number of anilines is 1. The van der Waals surface area contributed by atoms with Crippen LogP contribution in [0.25, 0.3) is 0 Å². The largest absolute Gasteiger partial charge is 0.507 e. The summed E-state index contributed by atoms with van der Waals surface area (Å²) in [4.78, 5) is 20.0. The summed E-state index contributed by atoms with van der Waals surface area (Å²) in [5, 5.41) is 10.7. The van der Waals surface area contributed by atoms with E-state index >= 15 is 0 Å². The smallest absolute Gasteiger partial charge is 0.387 e. The Morgan fingerprint density at radius 3 is 2.42 bits per heavy atom. The van der Waals surface area contributed by atoms with Gasteiger partial charge in [0.1, 0.15) is 17.4 Å². The number of phenols is 1. The third-order valence-corrected chi connectivity index (χ3v) is 11.8. The zero-order valence-electron chi connectivity index (χ0n) is 27.0. The van der Waals surface area contributed by atoms with Crippen molar-refractivity contribution in [2.24, 2.45) is 5.92 Å². The lowest BCUT2D eigenvalue weighted by Crippen LogP contribution is -2.44. The Morgan fingerprint density at radius 2 is 1.76 bits per heavy atom. The first kappa shape index (κ1) is 36.4. The zero-order chi connectivity index (χ0) is 35.4. The Kier molecular flexibility index (Phi) is 11.5. The van der Waals surface area contributed by atoms with Crippen LogP contribution in [0.3, 0.4) is 0 Å². The van der Waals surface area contributed by atoms with Crippen molar-refractivity contribution in [2.75, 3.05) is 50.3 Å². The number of sulfonamides is 1. The minimum absolute atomic E-state index is 0.0358. The number of morpholine rings is 1. The van der Waals surface area contributed by atoms with Crippen molar-refractivity contribution in [1.82, 2.24) is 9.88 Å². The summed E-state index contributed by atoms with van der Waals surface area (Å²) in [7, 11) is -3.75. The molecule has 3 aliphatic rings. The molecule has 0 unspecified atom stereocenters. The second kappa shape index (κ2) is 15.9. The van der Waals surface area contributed by atoms with Crippen LogP contribution >= 0.6 is 23.2 Å². The highest BCUT2D eigenvalue weighted by Crippen LogP contribution is 2.39. The number of pyridine rings is 1. The van der Waals surface area contributed by atoms with Crippen molar-refractivity contribution in [1.29, 1.82) is 0 Å². The molecule has 1 N–H and O–H groups in total. The number of benzene rings is 2. The number of aromatic nitrogens is 1. The van der Waals surface area contributed by atoms with Gasteiger partial charge in [0.15, 0.2) is 11.5 Å². The quantitative estimate of drug-likeness (QED) is 0.168. The highest BCUT2D eigenvalue weighted by Gasteiger charge is 2.41. The molecule has 0 bridgehead atoms. The highest BCUT2D eigenvalue weighted by molar-refractivity contribution is 7.93. The molecule has 11 nitrogen and oxygen atoms in total. The molecule has 2 heterocycles. The first-order valence-corrected chi connectivity index (χ1v) is 18.6. The van der Waals surface area contributed by atoms with Gasteiger partial charge in [-0.25, -0.2) is 13.2 Å². The average Bonchev–Trinajstić information content (AvgIpc) is 4.01. The molecule has 1 aromatic heterocycles. The van der Waals surface area contributed by atoms with Crippen LogP contribution in [0.4, 0.5) is 14.5 Å². The Hall–Kier alpha value is -3.43. The summed E-state index contributed by atoms with van der Waals surface area (Å²) in [6, 6.07) is 8.20. The van der Waals surface area contributed by atoms with Crippen molar-refractivity contribution < 1.29 is 46.0 Å². The van der Waals surface area contributed by atoms with Crippen molar-refractivity contribution in [2.45, 2.75) is 50.1 Å². The molecule has 0 spiro atoms. The third kappa shape index (κ3) is 9.07. The van der Waals surface area contributed by atoms with E-state index in [9.17, 15) is 27.1 Å². The summed E-state index contributed by atoms with van der Waals surface area (Å²) < 4.78 is 76.9. The lowest BCUT2D eigenvalue weighted by atomic mass is 10.0. The van der Waals surface area contributed by atoms with Crippen LogP contribution in [0.2, 0.25) is 10.0 Å². The predicted molar refractivity (Wildman–Crippen MR) is 182 cm³/mol. The predicted octanol–water partition coefficient (Wildman–Crippen LogP) is 6.26. The lowest BCUT2D eigenvalue weighted by molar-refractivity contribution is -0.0515. The van der Waals surface area contributed by atoms with E-state index in [1.165, 1.54) is 53.1 Å². The van der Waals surface area contributed by atoms with Crippen LogP contribution in [-0.2, 0) is 25.9 Å². The molecule has 50 heavy (non-hydrogen) atoms. The summed E-state index contributed by atoms with van der Waals surface area (Å²) in [6.07, 6.45) is 4.57. The number of carbonyl (C=O) groups is 1. The standard InChI is InChI=1S/C34H37Cl2F2N3O8S/c35-27-18-39-19-28(36)25(27)17-31(22-3-8-30(49-34(37)38)32(15-22)47-20-21-1-2-21)48-33(43)26-16-23(4-7-29(26)42)41(50(44,45)24-5-6-24)10-9-40-11-13-46-14-12-40/h3-4,7-8,15-16,18-19,21,24,31,34,42H,1-2,5-6,9-14,17,20H2/t31-/m0/s1. The van der Waals surface area contributed by atoms with Gasteiger partial charge in [0, 0.05) is 45.0 Å². The number of esters is 1. The van der Waals surface area contributed by atoms with Crippen LogP contribution in [0.15, 0.2) is 48.8 Å². The van der Waals surface area contributed by atoms with Gasteiger partial charge in [0.25, 0.3) is 0 Å². The van der Waals surface area contributed by atoms with E-state index in [-0.39, 0.29) is 45.8 Å². The summed E-state index contributed by atoms with van der Waals surface area (Å²) in [5.74, 6) is -1.25. The van der Waals surface area contributed by atoms with Crippen LogP contribution < -0.4 is 13.8 Å². The minimum atomic E-state index is -3.75. The number of ether oxygens (including phenoxy) is 4. The first-order valence-electron chi connectivity index (χ1n) is 16.3. The molecule has 3 fully saturated rings. The molecule has 0 amide bonds. The summed E-state index contributed by atoms with van der Waals surface area (Å²) in [5.41, 5.74) is 0.673. The number of aromatic hydroxyl groups is 1. The van der Waals surface area contributed by atoms with Crippen LogP contribution in [-0.4, -0.2) is 87.2 Å². The van der Waals surface area contributed by atoms with Gasteiger partial charge in [-0.3, -0.25) is 14.2 Å². The zero-order valence-corrected chi connectivity index (χ0v) is 29.3. The molecule has 1 aliphatic heterocycles. The molecule has 0 radical (unpaired) electrons. The molecule has 2 aromatic carbocycles. The highest BCUT2D eigenvalue weighted by atomic mass is 35.5. The van der Waals surface area contributed by atoms with Crippen molar-refractivity contribution in [3.63, 3.8) is 0 Å². The monoisotopic (exact) mass is 755 g/mol. The number of nitrogens with zero attached hydrogens (tertiary/aromatic N) is 3. The fourth-order valence-corrected chi connectivity index (χ4v) is 7.96. The second-order valence-corrected chi connectivity index (χ2v) is 15.4. The summed E-state index contributed by atoms with van der Waals surface area (Å²) >= 11 is 12.9. The number of halogens is 4. The molecule has 2 aliphatic carbocycles. The van der Waals surface area contributed by atoms with E-state index in [1.807, 2.05) is 0 Å². The number of rotatable bonds is 16. The Morgan fingerprint density at radius 1 is 1.04 bits per heavy atom. The lowest BCUT2D eigenvalue weighted by Gasteiger charge is -2.31. The van der Waals surface area contributed by atoms with E-state index < -0.39 is 39.7 Å². The average molecular weight is 757 g/mol. The maximum absolute atomic E-state index is 13.9. The van der Waals surface area contributed by atoms with E-state index in [0.717, 1.165) is 12.8 Å². The van der Waals surface area contributed by atoms with Crippen LogP contribution in [0, 0.1) is 5.92 Å². The molecule has 3 aromatic rings. The SMILES string of the molecule is O=C(O[C@@H](Cc1c(Cl)cncc1Cl)c1ccc(OC(F)F)c(OCC2CC2)c1)c1cc(N(CCN2CCOCC2)S(=O)(=O)C2CC2)ccc1O. The molecule has 1 saturated heterocycles. The topological polar surface area (TPSA) is 128 Å². The Bertz CT molecular complexity index is 1770. The van der Waals surface area contributed by atoms with Crippen molar-refractivity contribution in [3.8, 4) is 17.2 Å². The minimum Gasteiger partial charge on any atom is -0.507 e. The molecular formula is C34H37Cl2F2N3O8S. The maximum atomic E-state index is 13.9. The number of phenolic OH excluding ortho intramolecular Hbond substituents is 1. The molecular weight excluding hydrogens is 719 g/mol. The van der Waals surface area contributed by atoms with Gasteiger partial charge in [-0.1, -0.05) is 29.3 Å². The van der Waals surface area contributed by atoms with E-state index in [0.29, 0.717) is 69.3 Å². The van der Waals surface area contributed by atoms with Gasteiger partial charge in [0.05, 0.1) is 40.8 Å². The van der Waals surface area contributed by atoms with Gasteiger partial charge in [0.2, 0.25) is 10.0 Å². The van der Waals surface area contributed by atoms with Gasteiger partial charge in [-0.15, -0.1) is 0 Å². The fourth-order valence-electron chi connectivity index (χ4n) is 5.61. The second-order valence-electron chi connectivity index (χ2n) is 12.5. The van der Waals surface area contributed by atoms with E-state index in [4.69, 9.17) is 37.4 Å². The number of alkyl halides is 2. The van der Waals surface area contributed by atoms with Crippen LogP contribution in [0.1, 0.15) is 53.3 Å².